The molecule has 1 atom stereocenters. The molecule has 0 bridgehead atoms. The SMILES string of the molecule is CCC[Si](CCCOCC1CO1)(OCC)OCC. The fourth-order valence-corrected chi connectivity index (χ4v) is 5.59. The molecule has 0 N–H and O–H groups in total. The monoisotopic (exact) mass is 276 g/mol. The van der Waals surface area contributed by atoms with Gasteiger partial charge in [-0.1, -0.05) is 13.3 Å². The van der Waals surface area contributed by atoms with Crippen molar-refractivity contribution in [2.45, 2.75) is 51.8 Å². The van der Waals surface area contributed by atoms with Gasteiger partial charge in [0.25, 0.3) is 0 Å². The zero-order valence-electron chi connectivity index (χ0n) is 12.1. The van der Waals surface area contributed by atoms with Gasteiger partial charge in [0.05, 0.1) is 13.2 Å². The molecule has 0 aromatic heterocycles. The molecule has 0 aromatic rings. The Morgan fingerprint density at radius 1 is 1.11 bits per heavy atom. The lowest BCUT2D eigenvalue weighted by Gasteiger charge is -2.29. The summed E-state index contributed by atoms with van der Waals surface area (Å²) in [6, 6.07) is 2.12. The molecule has 108 valence electrons. The Bertz CT molecular complexity index is 192. The average Bonchev–Trinajstić information content (AvgIpc) is 3.14. The van der Waals surface area contributed by atoms with Crippen molar-refractivity contribution in [1.29, 1.82) is 0 Å². The molecule has 0 amide bonds. The van der Waals surface area contributed by atoms with E-state index in [2.05, 4.69) is 20.8 Å². The summed E-state index contributed by atoms with van der Waals surface area (Å²) in [5.74, 6) is 0. The van der Waals surface area contributed by atoms with E-state index in [-0.39, 0.29) is 0 Å². The van der Waals surface area contributed by atoms with Gasteiger partial charge in [-0.15, -0.1) is 0 Å². The van der Waals surface area contributed by atoms with Crippen LogP contribution in [0.1, 0.15) is 33.6 Å². The molecule has 1 aliphatic heterocycles. The van der Waals surface area contributed by atoms with Gasteiger partial charge in [-0.25, -0.2) is 0 Å². The second-order valence-electron chi connectivity index (χ2n) is 4.66. The third-order valence-electron chi connectivity index (χ3n) is 3.00. The molecule has 0 radical (unpaired) electrons. The lowest BCUT2D eigenvalue weighted by Crippen LogP contribution is -2.42. The Labute approximate surface area is 112 Å². The van der Waals surface area contributed by atoms with Crippen molar-refractivity contribution in [3.63, 3.8) is 0 Å². The van der Waals surface area contributed by atoms with Crippen LogP contribution in [0, 0.1) is 0 Å². The summed E-state index contributed by atoms with van der Waals surface area (Å²) in [5, 5.41) is 0. The first-order valence-corrected chi connectivity index (χ1v) is 9.46. The second kappa shape index (κ2) is 9.04. The average molecular weight is 276 g/mol. The molecule has 1 unspecified atom stereocenters. The third-order valence-corrected chi connectivity index (χ3v) is 7.00. The van der Waals surface area contributed by atoms with Gasteiger partial charge in [-0.3, -0.25) is 0 Å². The van der Waals surface area contributed by atoms with Crippen LogP contribution in [0.3, 0.4) is 0 Å². The van der Waals surface area contributed by atoms with Gasteiger partial charge in [0.1, 0.15) is 6.10 Å². The van der Waals surface area contributed by atoms with E-state index in [1.165, 1.54) is 0 Å². The number of hydrogen-bond acceptors (Lipinski definition) is 4. The fraction of sp³-hybridized carbons (Fsp3) is 1.00. The van der Waals surface area contributed by atoms with Crippen molar-refractivity contribution in [1.82, 2.24) is 0 Å². The molecule has 1 fully saturated rings. The minimum absolute atomic E-state index is 0.362. The largest absolute Gasteiger partial charge is 0.394 e. The fourth-order valence-electron chi connectivity index (χ4n) is 2.18. The van der Waals surface area contributed by atoms with Crippen LogP contribution in [-0.2, 0) is 18.3 Å². The summed E-state index contributed by atoms with van der Waals surface area (Å²) >= 11 is 0. The topological polar surface area (TPSA) is 40.2 Å². The molecule has 1 rings (SSSR count). The molecule has 1 heterocycles. The van der Waals surface area contributed by atoms with Crippen LogP contribution in [0.25, 0.3) is 0 Å². The molecule has 1 saturated heterocycles. The van der Waals surface area contributed by atoms with Gasteiger partial charge in [0, 0.05) is 19.8 Å². The zero-order valence-corrected chi connectivity index (χ0v) is 13.1. The highest BCUT2D eigenvalue weighted by Crippen LogP contribution is 2.23. The van der Waals surface area contributed by atoms with Crippen molar-refractivity contribution in [2.24, 2.45) is 0 Å². The maximum atomic E-state index is 5.99. The molecule has 5 heteroatoms. The van der Waals surface area contributed by atoms with Gasteiger partial charge in [0.15, 0.2) is 0 Å². The molecule has 4 nitrogen and oxygen atoms in total. The smallest absolute Gasteiger partial charge is 0.338 e. The first kappa shape index (κ1) is 16.1. The van der Waals surface area contributed by atoms with Crippen LogP contribution >= 0.6 is 0 Å². The van der Waals surface area contributed by atoms with Crippen molar-refractivity contribution in [3.05, 3.63) is 0 Å². The van der Waals surface area contributed by atoms with Gasteiger partial charge in [0.2, 0.25) is 0 Å². The molecule has 0 aromatic carbocycles. The van der Waals surface area contributed by atoms with E-state index in [0.717, 1.165) is 58.0 Å². The highest BCUT2D eigenvalue weighted by molar-refractivity contribution is 6.67. The number of ether oxygens (including phenoxy) is 2. The van der Waals surface area contributed by atoms with E-state index in [1.54, 1.807) is 0 Å². The Balaban J connectivity index is 2.22. The van der Waals surface area contributed by atoms with Crippen LogP contribution in [0.15, 0.2) is 0 Å². The Morgan fingerprint density at radius 2 is 1.78 bits per heavy atom. The minimum atomic E-state index is -1.97. The lowest BCUT2D eigenvalue weighted by molar-refractivity contribution is 0.112. The molecule has 1 aliphatic rings. The molecule has 0 saturated carbocycles. The maximum absolute atomic E-state index is 5.99. The van der Waals surface area contributed by atoms with Crippen molar-refractivity contribution in [3.8, 4) is 0 Å². The van der Waals surface area contributed by atoms with E-state index >= 15 is 0 Å². The summed E-state index contributed by atoms with van der Waals surface area (Å²) in [6.07, 6.45) is 2.52. The Hall–Kier alpha value is 0.0569. The minimum Gasteiger partial charge on any atom is -0.394 e. The summed E-state index contributed by atoms with van der Waals surface area (Å²) in [6.45, 7) is 10.2. The Morgan fingerprint density at radius 3 is 2.28 bits per heavy atom. The highest BCUT2D eigenvalue weighted by Gasteiger charge is 2.35. The van der Waals surface area contributed by atoms with Gasteiger partial charge in [-0.05, 0) is 32.4 Å². The first-order valence-electron chi connectivity index (χ1n) is 7.23. The van der Waals surface area contributed by atoms with Gasteiger partial charge >= 0.3 is 8.56 Å². The van der Waals surface area contributed by atoms with Gasteiger partial charge in [-0.2, -0.15) is 0 Å². The molecular weight excluding hydrogens is 248 g/mol. The highest BCUT2D eigenvalue weighted by atomic mass is 28.4. The van der Waals surface area contributed by atoms with Crippen LogP contribution < -0.4 is 0 Å². The standard InChI is InChI=1S/C13H28O4Si/c1-4-9-18(16-5-2,17-6-3)10-7-8-14-11-13-12-15-13/h13H,4-12H2,1-3H3. The van der Waals surface area contributed by atoms with E-state index in [4.69, 9.17) is 18.3 Å². The molecule has 0 aliphatic carbocycles. The second-order valence-corrected chi connectivity index (χ2v) is 8.06. The van der Waals surface area contributed by atoms with E-state index in [1.807, 2.05) is 0 Å². The normalized spacial score (nSPS) is 19.2. The van der Waals surface area contributed by atoms with Crippen molar-refractivity contribution < 1.29 is 18.3 Å². The predicted octanol–water partition coefficient (Wildman–Crippen LogP) is 2.72. The maximum Gasteiger partial charge on any atom is 0.338 e. The van der Waals surface area contributed by atoms with E-state index in [0.29, 0.717) is 6.10 Å². The molecule has 0 spiro atoms. The van der Waals surface area contributed by atoms with E-state index < -0.39 is 8.56 Å². The summed E-state index contributed by atoms with van der Waals surface area (Å²) in [5.41, 5.74) is 0. The van der Waals surface area contributed by atoms with E-state index in [9.17, 15) is 0 Å². The first-order chi connectivity index (χ1) is 8.76. The number of epoxide rings is 1. The van der Waals surface area contributed by atoms with Gasteiger partial charge < -0.3 is 18.3 Å². The Kier molecular flexibility index (Phi) is 8.09. The number of hydrogen-bond donors (Lipinski definition) is 0. The van der Waals surface area contributed by atoms with Crippen molar-refractivity contribution >= 4 is 8.56 Å². The van der Waals surface area contributed by atoms with Crippen LogP contribution in [0.4, 0.5) is 0 Å². The number of rotatable bonds is 12. The zero-order chi connectivity index (χ0) is 13.3. The predicted molar refractivity (Wildman–Crippen MR) is 74.1 cm³/mol. The summed E-state index contributed by atoms with van der Waals surface area (Å²) < 4.78 is 22.7. The summed E-state index contributed by atoms with van der Waals surface area (Å²) in [4.78, 5) is 0. The lowest BCUT2D eigenvalue weighted by atomic mass is 10.5. The van der Waals surface area contributed by atoms with Crippen LogP contribution in [0.5, 0.6) is 0 Å². The molecule has 18 heavy (non-hydrogen) atoms. The van der Waals surface area contributed by atoms with Crippen molar-refractivity contribution in [2.75, 3.05) is 33.0 Å². The molecular formula is C13H28O4Si. The summed E-state index contributed by atoms with van der Waals surface area (Å²) in [7, 11) is -1.97. The third kappa shape index (κ3) is 6.29. The van der Waals surface area contributed by atoms with Crippen LogP contribution in [0.2, 0.25) is 12.1 Å². The quantitative estimate of drug-likeness (QED) is 0.312. The van der Waals surface area contributed by atoms with Crippen LogP contribution in [-0.4, -0.2) is 47.7 Å².